The third-order valence-corrected chi connectivity index (χ3v) is 3.81. The van der Waals surface area contributed by atoms with E-state index in [-0.39, 0.29) is 11.8 Å². The number of hydrogen-bond donors (Lipinski definition) is 2. The number of carbonyl (C=O) groups is 1. The Morgan fingerprint density at radius 1 is 1.42 bits per heavy atom. The summed E-state index contributed by atoms with van der Waals surface area (Å²) < 4.78 is 0. The van der Waals surface area contributed by atoms with Gasteiger partial charge in [0.25, 0.3) is 0 Å². The van der Waals surface area contributed by atoms with Crippen LogP contribution in [-0.2, 0) is 4.79 Å². The van der Waals surface area contributed by atoms with Crippen LogP contribution in [0.25, 0.3) is 5.57 Å². The van der Waals surface area contributed by atoms with E-state index in [0.717, 1.165) is 42.5 Å². The Bertz CT molecular complexity index is 511. The molecule has 1 aromatic carbocycles. The largest absolute Gasteiger partial charge is 0.388 e. The number of halogens is 1. The van der Waals surface area contributed by atoms with E-state index in [4.69, 9.17) is 17.3 Å². The number of amides is 1. The van der Waals surface area contributed by atoms with Crippen LogP contribution in [0.5, 0.6) is 0 Å². The van der Waals surface area contributed by atoms with Crippen molar-refractivity contribution >= 4 is 28.8 Å². The van der Waals surface area contributed by atoms with Crippen molar-refractivity contribution < 1.29 is 4.79 Å². The van der Waals surface area contributed by atoms with Crippen LogP contribution in [0.3, 0.4) is 0 Å². The van der Waals surface area contributed by atoms with Crippen LogP contribution < -0.4 is 11.1 Å². The van der Waals surface area contributed by atoms with Crippen LogP contribution in [0.1, 0.15) is 31.2 Å². The summed E-state index contributed by atoms with van der Waals surface area (Å²) in [6.45, 7) is 0. The van der Waals surface area contributed by atoms with Gasteiger partial charge in [0.2, 0.25) is 5.91 Å². The van der Waals surface area contributed by atoms with Crippen molar-refractivity contribution in [3.05, 3.63) is 34.9 Å². The van der Waals surface area contributed by atoms with E-state index in [1.54, 1.807) is 0 Å². The number of benzene rings is 1. The Morgan fingerprint density at radius 3 is 2.89 bits per heavy atom. The number of rotatable bonds is 3. The topological polar surface area (TPSA) is 55.1 Å². The Hall–Kier alpha value is -1.48. The van der Waals surface area contributed by atoms with Gasteiger partial charge in [-0.2, -0.15) is 0 Å². The van der Waals surface area contributed by atoms with Gasteiger partial charge in [0, 0.05) is 23.3 Å². The third-order valence-electron chi connectivity index (χ3n) is 3.58. The molecule has 0 aliphatic heterocycles. The summed E-state index contributed by atoms with van der Waals surface area (Å²) in [5, 5.41) is 3.87. The molecular formula is C15H19ClN2O. The van der Waals surface area contributed by atoms with E-state index in [2.05, 4.69) is 5.32 Å². The van der Waals surface area contributed by atoms with Crippen molar-refractivity contribution in [3.8, 4) is 0 Å². The van der Waals surface area contributed by atoms with Crippen LogP contribution in [-0.4, -0.2) is 13.0 Å². The molecule has 1 atom stereocenters. The lowest BCUT2D eigenvalue weighted by atomic mass is 9.97. The molecule has 3 nitrogen and oxygen atoms in total. The molecule has 4 heteroatoms. The lowest BCUT2D eigenvalue weighted by Gasteiger charge is -2.13. The smallest absolute Gasteiger partial charge is 0.224 e. The molecule has 3 N–H and O–H groups in total. The number of carbonyl (C=O) groups excluding carboxylic acids is 1. The van der Waals surface area contributed by atoms with Crippen molar-refractivity contribution in [1.82, 2.24) is 0 Å². The molecule has 1 unspecified atom stereocenters. The second-order valence-corrected chi connectivity index (χ2v) is 5.32. The average Bonchev–Trinajstić information content (AvgIpc) is 2.64. The van der Waals surface area contributed by atoms with Gasteiger partial charge in [-0.15, -0.1) is 0 Å². The molecule has 0 saturated carbocycles. The minimum Gasteiger partial charge on any atom is -0.388 e. The fourth-order valence-corrected chi connectivity index (χ4v) is 2.71. The number of nitrogens with one attached hydrogen (secondary N) is 1. The molecule has 1 amide bonds. The van der Waals surface area contributed by atoms with E-state index < -0.39 is 0 Å². The molecule has 0 saturated heterocycles. The lowest BCUT2D eigenvalue weighted by Crippen LogP contribution is -2.21. The molecule has 102 valence electrons. The van der Waals surface area contributed by atoms with Gasteiger partial charge >= 0.3 is 0 Å². The summed E-state index contributed by atoms with van der Waals surface area (Å²) in [5.41, 5.74) is 8.71. The van der Waals surface area contributed by atoms with E-state index in [1.807, 2.05) is 31.3 Å². The van der Waals surface area contributed by atoms with E-state index in [9.17, 15) is 4.79 Å². The van der Waals surface area contributed by atoms with Crippen molar-refractivity contribution in [2.24, 2.45) is 11.7 Å². The first kappa shape index (κ1) is 13.9. The zero-order valence-corrected chi connectivity index (χ0v) is 11.8. The summed E-state index contributed by atoms with van der Waals surface area (Å²) in [5.74, 6) is -0.409. The van der Waals surface area contributed by atoms with Crippen molar-refractivity contribution in [2.75, 3.05) is 12.4 Å². The SMILES string of the molecule is CNc1ccc(Cl)cc1C1=CC(C(N)=O)CCCC1. The highest BCUT2D eigenvalue weighted by Gasteiger charge is 2.18. The molecular weight excluding hydrogens is 260 g/mol. The standard InChI is InChI=1S/C15H19ClN2O/c1-18-14-7-6-12(16)9-13(14)10-4-2-3-5-11(8-10)15(17)19/h6-9,11,18H,2-5H2,1H3,(H2,17,19). The van der Waals surface area contributed by atoms with Crippen molar-refractivity contribution in [3.63, 3.8) is 0 Å². The van der Waals surface area contributed by atoms with Gasteiger partial charge in [0.15, 0.2) is 0 Å². The molecule has 1 aliphatic carbocycles. The zero-order chi connectivity index (χ0) is 13.8. The number of nitrogens with two attached hydrogens (primary N) is 1. The van der Waals surface area contributed by atoms with Gasteiger partial charge in [-0.3, -0.25) is 4.79 Å². The summed E-state index contributed by atoms with van der Waals surface area (Å²) >= 11 is 6.09. The first-order valence-corrected chi connectivity index (χ1v) is 6.97. The van der Waals surface area contributed by atoms with Crippen molar-refractivity contribution in [2.45, 2.75) is 25.7 Å². The maximum absolute atomic E-state index is 11.4. The molecule has 0 bridgehead atoms. The second kappa shape index (κ2) is 6.11. The van der Waals surface area contributed by atoms with Gasteiger partial charge in [0.05, 0.1) is 5.92 Å². The van der Waals surface area contributed by atoms with Crippen LogP contribution in [0.4, 0.5) is 5.69 Å². The number of primary amides is 1. The van der Waals surface area contributed by atoms with Crippen LogP contribution in [0.2, 0.25) is 5.02 Å². The molecule has 0 fully saturated rings. The predicted molar refractivity (Wildman–Crippen MR) is 80.1 cm³/mol. The van der Waals surface area contributed by atoms with Crippen LogP contribution in [0.15, 0.2) is 24.3 Å². The van der Waals surface area contributed by atoms with Gasteiger partial charge in [0.1, 0.15) is 0 Å². The molecule has 1 aromatic rings. The first-order valence-electron chi connectivity index (χ1n) is 6.59. The Kier molecular flexibility index (Phi) is 4.48. The highest BCUT2D eigenvalue weighted by atomic mass is 35.5. The van der Waals surface area contributed by atoms with E-state index in [1.165, 1.54) is 0 Å². The minimum absolute atomic E-state index is 0.166. The number of allylic oxidation sites excluding steroid dienone is 1. The Morgan fingerprint density at radius 2 is 2.21 bits per heavy atom. The lowest BCUT2D eigenvalue weighted by molar-refractivity contribution is -0.120. The normalized spacial score (nSPS) is 19.5. The summed E-state index contributed by atoms with van der Waals surface area (Å²) in [6, 6.07) is 5.77. The quantitative estimate of drug-likeness (QED) is 0.890. The zero-order valence-electron chi connectivity index (χ0n) is 11.1. The molecule has 0 aromatic heterocycles. The molecule has 0 radical (unpaired) electrons. The Balaban J connectivity index is 2.43. The summed E-state index contributed by atoms with van der Waals surface area (Å²) in [7, 11) is 1.88. The number of anilines is 1. The van der Waals surface area contributed by atoms with Gasteiger partial charge in [-0.1, -0.05) is 24.1 Å². The van der Waals surface area contributed by atoms with Crippen LogP contribution in [0, 0.1) is 5.92 Å². The maximum Gasteiger partial charge on any atom is 0.224 e. The molecule has 0 spiro atoms. The van der Waals surface area contributed by atoms with Gasteiger partial charge in [-0.25, -0.2) is 0 Å². The highest BCUT2D eigenvalue weighted by molar-refractivity contribution is 6.30. The Labute approximate surface area is 118 Å². The molecule has 0 heterocycles. The van der Waals surface area contributed by atoms with Crippen LogP contribution >= 0.6 is 11.6 Å². The number of hydrogen-bond acceptors (Lipinski definition) is 2. The summed E-state index contributed by atoms with van der Waals surface area (Å²) in [4.78, 5) is 11.4. The molecule has 2 rings (SSSR count). The molecule has 19 heavy (non-hydrogen) atoms. The average molecular weight is 279 g/mol. The monoisotopic (exact) mass is 278 g/mol. The third kappa shape index (κ3) is 3.29. The minimum atomic E-state index is -0.243. The maximum atomic E-state index is 11.4. The fraction of sp³-hybridized carbons (Fsp3) is 0.400. The predicted octanol–water partition coefficient (Wildman–Crippen LogP) is 3.44. The highest BCUT2D eigenvalue weighted by Crippen LogP contribution is 2.34. The van der Waals surface area contributed by atoms with Gasteiger partial charge < -0.3 is 11.1 Å². The van der Waals surface area contributed by atoms with E-state index in [0.29, 0.717) is 5.02 Å². The molecule has 1 aliphatic rings. The fourth-order valence-electron chi connectivity index (χ4n) is 2.54. The van der Waals surface area contributed by atoms with Gasteiger partial charge in [-0.05, 0) is 43.0 Å². The van der Waals surface area contributed by atoms with Crippen molar-refractivity contribution in [1.29, 1.82) is 0 Å². The first-order chi connectivity index (χ1) is 9.11. The van der Waals surface area contributed by atoms with E-state index >= 15 is 0 Å². The summed E-state index contributed by atoms with van der Waals surface area (Å²) in [6.07, 6.45) is 5.92. The second-order valence-electron chi connectivity index (χ2n) is 4.89.